The molecule has 0 radical (unpaired) electrons. The summed E-state index contributed by atoms with van der Waals surface area (Å²) in [6.45, 7) is 9.47. The highest BCUT2D eigenvalue weighted by molar-refractivity contribution is 4.90. The van der Waals surface area contributed by atoms with Crippen LogP contribution in [0.4, 0.5) is 0 Å². The highest BCUT2D eigenvalue weighted by Crippen LogP contribution is 2.32. The van der Waals surface area contributed by atoms with Crippen LogP contribution in [0.15, 0.2) is 0 Å². The van der Waals surface area contributed by atoms with E-state index in [1.54, 1.807) is 7.11 Å². The molecule has 0 aromatic heterocycles. The van der Waals surface area contributed by atoms with E-state index in [1.165, 1.54) is 19.3 Å². The van der Waals surface area contributed by atoms with Crippen LogP contribution in [0.5, 0.6) is 0 Å². The van der Waals surface area contributed by atoms with Crippen molar-refractivity contribution in [3.8, 4) is 0 Å². The molecule has 96 valence electrons. The molecule has 3 heteroatoms. The van der Waals surface area contributed by atoms with E-state index in [4.69, 9.17) is 10.5 Å². The first-order chi connectivity index (χ1) is 7.48. The van der Waals surface area contributed by atoms with Gasteiger partial charge in [-0.2, -0.15) is 0 Å². The zero-order valence-corrected chi connectivity index (χ0v) is 11.3. The molecule has 1 fully saturated rings. The highest BCUT2D eigenvalue weighted by Gasteiger charge is 2.34. The molecule has 0 bridgehead atoms. The predicted octanol–water partition coefficient (Wildman–Crippen LogP) is 1.86. The summed E-state index contributed by atoms with van der Waals surface area (Å²) in [5.41, 5.74) is 6.29. The Morgan fingerprint density at radius 1 is 1.38 bits per heavy atom. The molecule has 2 N–H and O–H groups in total. The first-order valence-corrected chi connectivity index (χ1v) is 6.42. The molecule has 1 saturated carbocycles. The third kappa shape index (κ3) is 4.81. The van der Waals surface area contributed by atoms with Gasteiger partial charge in [0.2, 0.25) is 0 Å². The third-order valence-corrected chi connectivity index (χ3v) is 3.16. The van der Waals surface area contributed by atoms with Gasteiger partial charge in [0.1, 0.15) is 0 Å². The number of rotatable bonds is 7. The summed E-state index contributed by atoms with van der Waals surface area (Å²) >= 11 is 0. The van der Waals surface area contributed by atoms with Crippen LogP contribution in [0.25, 0.3) is 0 Å². The Bertz CT molecular complexity index is 197. The van der Waals surface area contributed by atoms with Crippen LogP contribution < -0.4 is 5.73 Å². The quantitative estimate of drug-likeness (QED) is 0.723. The van der Waals surface area contributed by atoms with E-state index in [1.807, 2.05) is 0 Å². The largest absolute Gasteiger partial charge is 0.383 e. The molecular formula is C13H28N2O. The predicted molar refractivity (Wildman–Crippen MR) is 68.5 cm³/mol. The number of hydrogen-bond acceptors (Lipinski definition) is 3. The van der Waals surface area contributed by atoms with Crippen molar-refractivity contribution >= 4 is 0 Å². The Labute approximate surface area is 100 Å². The maximum absolute atomic E-state index is 5.94. The lowest BCUT2D eigenvalue weighted by Gasteiger charge is -2.35. The maximum Gasteiger partial charge on any atom is 0.0589 e. The lowest BCUT2D eigenvalue weighted by atomic mass is 9.87. The second-order valence-electron chi connectivity index (χ2n) is 6.12. The van der Waals surface area contributed by atoms with Crippen molar-refractivity contribution in [2.75, 3.05) is 26.8 Å². The SMILES string of the molecule is COCCN(C1CC1)C(CN)CC(C)(C)C. The maximum atomic E-state index is 5.94. The standard InChI is InChI=1S/C13H28N2O/c1-13(2,3)9-12(10-14)15(7-8-16-4)11-5-6-11/h11-12H,5-10,14H2,1-4H3. The average molecular weight is 228 g/mol. The second kappa shape index (κ2) is 5.99. The van der Waals surface area contributed by atoms with Gasteiger partial charge in [-0.05, 0) is 24.7 Å². The van der Waals surface area contributed by atoms with E-state index in [-0.39, 0.29) is 0 Å². The van der Waals surface area contributed by atoms with Crippen LogP contribution in [-0.2, 0) is 4.74 Å². The van der Waals surface area contributed by atoms with Gasteiger partial charge in [0.15, 0.2) is 0 Å². The second-order valence-corrected chi connectivity index (χ2v) is 6.12. The van der Waals surface area contributed by atoms with Crippen LogP contribution in [-0.4, -0.2) is 43.8 Å². The number of ether oxygens (including phenoxy) is 1. The fourth-order valence-corrected chi connectivity index (χ4v) is 2.31. The third-order valence-electron chi connectivity index (χ3n) is 3.16. The van der Waals surface area contributed by atoms with Gasteiger partial charge in [-0.1, -0.05) is 20.8 Å². The van der Waals surface area contributed by atoms with Crippen LogP contribution in [0.1, 0.15) is 40.0 Å². The lowest BCUT2D eigenvalue weighted by Crippen LogP contribution is -2.45. The number of methoxy groups -OCH3 is 1. The Balaban J connectivity index is 2.51. The molecule has 0 amide bonds. The first kappa shape index (κ1) is 13.9. The lowest BCUT2D eigenvalue weighted by molar-refractivity contribution is 0.0963. The van der Waals surface area contributed by atoms with Crippen LogP contribution in [0.3, 0.4) is 0 Å². The molecular weight excluding hydrogens is 200 g/mol. The molecule has 3 nitrogen and oxygen atoms in total. The van der Waals surface area contributed by atoms with Gasteiger partial charge in [-0.15, -0.1) is 0 Å². The molecule has 0 heterocycles. The van der Waals surface area contributed by atoms with Gasteiger partial charge in [0.25, 0.3) is 0 Å². The van der Waals surface area contributed by atoms with Crippen molar-refractivity contribution in [1.29, 1.82) is 0 Å². The summed E-state index contributed by atoms with van der Waals surface area (Å²) in [5, 5.41) is 0. The molecule has 0 aromatic rings. The fourth-order valence-electron chi connectivity index (χ4n) is 2.31. The van der Waals surface area contributed by atoms with Gasteiger partial charge >= 0.3 is 0 Å². The summed E-state index contributed by atoms with van der Waals surface area (Å²) in [6, 6.07) is 1.29. The van der Waals surface area contributed by atoms with Crippen molar-refractivity contribution in [2.24, 2.45) is 11.1 Å². The number of nitrogens with two attached hydrogens (primary N) is 1. The van der Waals surface area contributed by atoms with Crippen molar-refractivity contribution in [2.45, 2.75) is 52.1 Å². The van der Waals surface area contributed by atoms with Crippen molar-refractivity contribution in [3.63, 3.8) is 0 Å². The molecule has 0 aliphatic heterocycles. The molecule has 0 spiro atoms. The fraction of sp³-hybridized carbons (Fsp3) is 1.00. The molecule has 1 rings (SSSR count). The minimum absolute atomic E-state index is 0.351. The van der Waals surface area contributed by atoms with Crippen molar-refractivity contribution in [3.05, 3.63) is 0 Å². The number of hydrogen-bond donors (Lipinski definition) is 1. The summed E-state index contributed by atoms with van der Waals surface area (Å²) in [6.07, 6.45) is 3.85. The average Bonchev–Trinajstić information content (AvgIpc) is 2.98. The van der Waals surface area contributed by atoms with Crippen molar-refractivity contribution < 1.29 is 4.74 Å². The molecule has 0 saturated heterocycles. The first-order valence-electron chi connectivity index (χ1n) is 6.42. The number of nitrogens with zero attached hydrogens (tertiary/aromatic N) is 1. The summed E-state index contributed by atoms with van der Waals surface area (Å²) in [7, 11) is 1.77. The van der Waals surface area contributed by atoms with Crippen LogP contribution in [0, 0.1) is 5.41 Å². The molecule has 1 unspecified atom stereocenters. The molecule has 0 aromatic carbocycles. The van der Waals surface area contributed by atoms with Gasteiger partial charge in [-0.25, -0.2) is 0 Å². The van der Waals surface area contributed by atoms with Gasteiger partial charge in [-0.3, -0.25) is 4.90 Å². The topological polar surface area (TPSA) is 38.5 Å². The van der Waals surface area contributed by atoms with E-state index in [2.05, 4.69) is 25.7 Å². The Morgan fingerprint density at radius 2 is 2.00 bits per heavy atom. The van der Waals surface area contributed by atoms with E-state index in [0.29, 0.717) is 11.5 Å². The van der Waals surface area contributed by atoms with Crippen molar-refractivity contribution in [1.82, 2.24) is 4.90 Å². The van der Waals surface area contributed by atoms with Gasteiger partial charge in [0.05, 0.1) is 6.61 Å². The van der Waals surface area contributed by atoms with Gasteiger partial charge < -0.3 is 10.5 Å². The Morgan fingerprint density at radius 3 is 2.38 bits per heavy atom. The molecule has 1 aliphatic rings. The van der Waals surface area contributed by atoms with E-state index < -0.39 is 0 Å². The zero-order valence-electron chi connectivity index (χ0n) is 11.3. The van der Waals surface area contributed by atoms with Crippen LogP contribution in [0.2, 0.25) is 0 Å². The van der Waals surface area contributed by atoms with Gasteiger partial charge in [0, 0.05) is 32.3 Å². The summed E-state index contributed by atoms with van der Waals surface area (Å²) in [4.78, 5) is 2.56. The molecule has 1 aliphatic carbocycles. The van der Waals surface area contributed by atoms with Crippen LogP contribution >= 0.6 is 0 Å². The zero-order chi connectivity index (χ0) is 12.2. The van der Waals surface area contributed by atoms with E-state index in [9.17, 15) is 0 Å². The molecule has 16 heavy (non-hydrogen) atoms. The molecule has 1 atom stereocenters. The minimum Gasteiger partial charge on any atom is -0.383 e. The summed E-state index contributed by atoms with van der Waals surface area (Å²) < 4.78 is 5.19. The normalized spacial score (nSPS) is 19.1. The smallest absolute Gasteiger partial charge is 0.0589 e. The Kier molecular flexibility index (Phi) is 5.22. The highest BCUT2D eigenvalue weighted by atomic mass is 16.5. The van der Waals surface area contributed by atoms with E-state index in [0.717, 1.165) is 25.7 Å². The monoisotopic (exact) mass is 228 g/mol. The Hall–Kier alpha value is -0.120. The summed E-state index contributed by atoms with van der Waals surface area (Å²) in [5.74, 6) is 0. The minimum atomic E-state index is 0.351. The van der Waals surface area contributed by atoms with E-state index >= 15 is 0 Å².